The number of nitrogens with zero attached hydrogens (tertiary/aromatic N) is 1. The van der Waals surface area contributed by atoms with Crippen molar-refractivity contribution in [2.24, 2.45) is 0 Å². The standard InChI is InChI=1S/C25H20ClF2N3O2S/c26-17-7-5-16(6-8-17)25(33)29-11-12-31-14-23(19-3-1-2-4-22(19)31)34-15-24(32)30-21-10-9-18(27)13-20(21)28/h1-10,13-14H,11-12,15H2,(H,29,33)(H,30,32). The zero-order chi connectivity index (χ0) is 24.1. The first-order valence-electron chi connectivity index (χ1n) is 10.4. The van der Waals surface area contributed by atoms with E-state index in [4.69, 9.17) is 11.6 Å². The topological polar surface area (TPSA) is 63.1 Å². The highest BCUT2D eigenvalue weighted by Gasteiger charge is 2.13. The van der Waals surface area contributed by atoms with Gasteiger partial charge in [-0.2, -0.15) is 0 Å². The number of anilines is 1. The van der Waals surface area contributed by atoms with E-state index in [2.05, 4.69) is 10.6 Å². The van der Waals surface area contributed by atoms with Crippen LogP contribution in [0.2, 0.25) is 5.02 Å². The minimum Gasteiger partial charge on any atom is -0.350 e. The molecule has 5 nitrogen and oxygen atoms in total. The maximum atomic E-state index is 13.8. The quantitative estimate of drug-likeness (QED) is 0.304. The summed E-state index contributed by atoms with van der Waals surface area (Å²) in [6.07, 6.45) is 1.93. The normalized spacial score (nSPS) is 10.9. The Morgan fingerprint density at radius 2 is 1.76 bits per heavy atom. The van der Waals surface area contributed by atoms with Gasteiger partial charge in [-0.05, 0) is 42.5 Å². The summed E-state index contributed by atoms with van der Waals surface area (Å²) in [5.74, 6) is -2.06. The predicted molar refractivity (Wildman–Crippen MR) is 131 cm³/mol. The van der Waals surface area contributed by atoms with Crippen molar-refractivity contribution in [3.63, 3.8) is 0 Å². The van der Waals surface area contributed by atoms with Crippen molar-refractivity contribution in [3.8, 4) is 0 Å². The van der Waals surface area contributed by atoms with E-state index in [0.717, 1.165) is 27.9 Å². The van der Waals surface area contributed by atoms with Crippen molar-refractivity contribution in [2.45, 2.75) is 11.4 Å². The van der Waals surface area contributed by atoms with Crippen LogP contribution in [0.25, 0.3) is 10.9 Å². The third-order valence-electron chi connectivity index (χ3n) is 5.06. The van der Waals surface area contributed by atoms with Crippen LogP contribution in [0.15, 0.2) is 77.8 Å². The minimum absolute atomic E-state index is 0.0537. The molecule has 174 valence electrons. The van der Waals surface area contributed by atoms with Gasteiger partial charge in [0.25, 0.3) is 5.91 Å². The smallest absolute Gasteiger partial charge is 0.251 e. The summed E-state index contributed by atoms with van der Waals surface area (Å²) >= 11 is 7.18. The lowest BCUT2D eigenvalue weighted by Gasteiger charge is -2.08. The van der Waals surface area contributed by atoms with Gasteiger partial charge in [-0.25, -0.2) is 8.78 Å². The van der Waals surface area contributed by atoms with Crippen LogP contribution in [0.5, 0.6) is 0 Å². The first-order chi connectivity index (χ1) is 16.4. The first-order valence-corrected chi connectivity index (χ1v) is 11.8. The molecule has 0 fully saturated rings. The molecule has 0 aliphatic heterocycles. The molecule has 0 radical (unpaired) electrons. The molecular weight excluding hydrogens is 480 g/mol. The van der Waals surface area contributed by atoms with Crippen molar-refractivity contribution in [3.05, 3.63) is 95.1 Å². The van der Waals surface area contributed by atoms with Gasteiger partial charge in [-0.3, -0.25) is 9.59 Å². The van der Waals surface area contributed by atoms with Gasteiger partial charge in [0.15, 0.2) is 0 Å². The number of aromatic nitrogens is 1. The molecule has 0 saturated carbocycles. The highest BCUT2D eigenvalue weighted by Crippen LogP contribution is 2.30. The Morgan fingerprint density at radius 3 is 2.53 bits per heavy atom. The molecule has 0 unspecified atom stereocenters. The number of amides is 2. The SMILES string of the molecule is O=C(CSc1cn(CCNC(=O)c2ccc(Cl)cc2)c2ccccc12)Nc1ccc(F)cc1F. The maximum Gasteiger partial charge on any atom is 0.251 e. The van der Waals surface area contributed by atoms with E-state index in [-0.39, 0.29) is 17.3 Å². The molecular formula is C25H20ClF2N3O2S. The zero-order valence-electron chi connectivity index (χ0n) is 17.9. The molecule has 1 aromatic heterocycles. The van der Waals surface area contributed by atoms with Crippen molar-refractivity contribution in [2.75, 3.05) is 17.6 Å². The first kappa shape index (κ1) is 23.8. The fraction of sp³-hybridized carbons (Fsp3) is 0.120. The van der Waals surface area contributed by atoms with Crippen molar-refractivity contribution in [1.29, 1.82) is 0 Å². The van der Waals surface area contributed by atoms with Crippen molar-refractivity contribution in [1.82, 2.24) is 9.88 Å². The summed E-state index contributed by atoms with van der Waals surface area (Å²) in [6.45, 7) is 0.946. The summed E-state index contributed by atoms with van der Waals surface area (Å²) in [7, 11) is 0. The van der Waals surface area contributed by atoms with Gasteiger partial charge in [0.05, 0.1) is 11.4 Å². The van der Waals surface area contributed by atoms with E-state index in [1.54, 1.807) is 24.3 Å². The van der Waals surface area contributed by atoms with E-state index in [9.17, 15) is 18.4 Å². The molecule has 0 saturated heterocycles. The molecule has 0 bridgehead atoms. The number of hydrogen-bond donors (Lipinski definition) is 2. The number of thioether (sulfide) groups is 1. The summed E-state index contributed by atoms with van der Waals surface area (Å²) in [6, 6.07) is 17.4. The third kappa shape index (κ3) is 5.76. The highest BCUT2D eigenvalue weighted by atomic mass is 35.5. The molecule has 0 spiro atoms. The molecule has 4 rings (SSSR count). The number of para-hydroxylation sites is 1. The summed E-state index contributed by atoms with van der Waals surface area (Å²) in [5.41, 5.74) is 1.43. The third-order valence-corrected chi connectivity index (χ3v) is 6.36. The fourth-order valence-corrected chi connectivity index (χ4v) is 4.44. The predicted octanol–water partition coefficient (Wildman–Crippen LogP) is 5.73. The van der Waals surface area contributed by atoms with Crippen LogP contribution in [-0.4, -0.2) is 28.7 Å². The molecule has 2 N–H and O–H groups in total. The van der Waals surface area contributed by atoms with Crippen LogP contribution in [0, 0.1) is 11.6 Å². The number of rotatable bonds is 8. The number of nitrogens with one attached hydrogen (secondary N) is 2. The number of carbonyl (C=O) groups excluding carboxylic acids is 2. The Balaban J connectivity index is 1.38. The summed E-state index contributed by atoms with van der Waals surface area (Å²) in [4.78, 5) is 25.5. The lowest BCUT2D eigenvalue weighted by molar-refractivity contribution is -0.113. The Hall–Kier alpha value is -3.36. The van der Waals surface area contributed by atoms with Crippen LogP contribution >= 0.6 is 23.4 Å². The average molecular weight is 500 g/mol. The Labute approximate surface area is 204 Å². The molecule has 1 heterocycles. The highest BCUT2D eigenvalue weighted by molar-refractivity contribution is 8.00. The Bertz CT molecular complexity index is 1340. The van der Waals surface area contributed by atoms with E-state index in [0.29, 0.717) is 23.7 Å². The van der Waals surface area contributed by atoms with Gasteiger partial charge in [0, 0.05) is 51.7 Å². The molecule has 0 aliphatic rings. The maximum absolute atomic E-state index is 13.8. The van der Waals surface area contributed by atoms with Crippen LogP contribution < -0.4 is 10.6 Å². The van der Waals surface area contributed by atoms with Crippen molar-refractivity contribution >= 4 is 51.8 Å². The number of hydrogen-bond acceptors (Lipinski definition) is 3. The minimum atomic E-state index is -0.824. The summed E-state index contributed by atoms with van der Waals surface area (Å²) in [5, 5.41) is 6.89. The van der Waals surface area contributed by atoms with E-state index in [1.807, 2.05) is 35.0 Å². The zero-order valence-corrected chi connectivity index (χ0v) is 19.4. The molecule has 34 heavy (non-hydrogen) atoms. The molecule has 3 aromatic carbocycles. The van der Waals surface area contributed by atoms with Crippen LogP contribution in [0.1, 0.15) is 10.4 Å². The number of carbonyl (C=O) groups is 2. The number of benzene rings is 3. The second-order valence-corrected chi connectivity index (χ2v) is 8.88. The Morgan fingerprint density at radius 1 is 1.00 bits per heavy atom. The van der Waals surface area contributed by atoms with Gasteiger partial charge in [0.2, 0.25) is 5.91 Å². The van der Waals surface area contributed by atoms with Crippen LogP contribution in [0.3, 0.4) is 0 Å². The Kier molecular flexibility index (Phi) is 7.49. The lowest BCUT2D eigenvalue weighted by Crippen LogP contribution is -2.27. The van der Waals surface area contributed by atoms with Gasteiger partial charge in [-0.1, -0.05) is 29.8 Å². The van der Waals surface area contributed by atoms with Crippen LogP contribution in [0.4, 0.5) is 14.5 Å². The van der Waals surface area contributed by atoms with E-state index >= 15 is 0 Å². The average Bonchev–Trinajstić information content (AvgIpc) is 3.18. The second-order valence-electron chi connectivity index (χ2n) is 7.43. The molecule has 9 heteroatoms. The fourth-order valence-electron chi connectivity index (χ4n) is 3.43. The summed E-state index contributed by atoms with van der Waals surface area (Å²) < 4.78 is 28.8. The number of fused-ring (bicyclic) bond motifs is 1. The monoisotopic (exact) mass is 499 g/mol. The van der Waals surface area contributed by atoms with Gasteiger partial charge in [-0.15, -0.1) is 11.8 Å². The van der Waals surface area contributed by atoms with Gasteiger partial charge >= 0.3 is 0 Å². The van der Waals surface area contributed by atoms with Crippen LogP contribution in [-0.2, 0) is 11.3 Å². The molecule has 2 amide bonds. The van der Waals surface area contributed by atoms with E-state index < -0.39 is 17.5 Å². The van der Waals surface area contributed by atoms with Gasteiger partial charge < -0.3 is 15.2 Å². The largest absolute Gasteiger partial charge is 0.350 e. The van der Waals surface area contributed by atoms with Gasteiger partial charge in [0.1, 0.15) is 11.6 Å². The van der Waals surface area contributed by atoms with E-state index in [1.165, 1.54) is 17.8 Å². The van der Waals surface area contributed by atoms with Crippen molar-refractivity contribution < 1.29 is 18.4 Å². The second kappa shape index (κ2) is 10.7. The lowest BCUT2D eigenvalue weighted by atomic mass is 10.2. The molecule has 0 atom stereocenters. The number of halogens is 3. The molecule has 4 aromatic rings. The molecule has 0 aliphatic carbocycles.